The molecule has 12 atom stereocenters. The summed E-state index contributed by atoms with van der Waals surface area (Å²) in [6, 6.07) is 0. The first-order valence-corrected chi connectivity index (χ1v) is 18.2. The van der Waals surface area contributed by atoms with Gasteiger partial charge in [-0.15, -0.1) is 0 Å². The van der Waals surface area contributed by atoms with E-state index in [1.165, 1.54) is 38.5 Å². The predicted molar refractivity (Wildman–Crippen MR) is 180 cm³/mol. The molecular weight excluding hydrogens is 504 g/mol. The van der Waals surface area contributed by atoms with Crippen molar-refractivity contribution in [3.63, 3.8) is 0 Å². The number of benzene rings is 2. The Kier molecular flexibility index (Phi) is 6.93. The third kappa shape index (κ3) is 3.59. The van der Waals surface area contributed by atoms with Crippen molar-refractivity contribution in [3.05, 3.63) is 66.8 Å². The summed E-state index contributed by atoms with van der Waals surface area (Å²) >= 11 is 0. The molecule has 42 heavy (non-hydrogen) atoms. The van der Waals surface area contributed by atoms with E-state index in [9.17, 15) is 0 Å². The standard InChI is InChI=1S/2C21H30/c1-7-15-10(2)12(4)17-9-19-16-8-18(13(5)11(16)3)21(19)20(17)14(15)6;1-7-15-12(4)13(5)20-18(14(15)6)9-19-16-8-17(21(19)20)11(3)10(16)2/h11,13,16,18-19,21H,7-9H2,1-6H3;10-11,16-17,19,21H,7-9H2,1-6H3. The number of hydrogen-bond donors (Lipinski definition) is 0. The zero-order chi connectivity index (χ0) is 30.1. The molecule has 2 aromatic carbocycles. The molecule has 4 saturated carbocycles. The first-order chi connectivity index (χ1) is 19.9. The number of fused-ring (bicyclic) bond motifs is 14. The topological polar surface area (TPSA) is 0 Å². The van der Waals surface area contributed by atoms with Gasteiger partial charge in [0.1, 0.15) is 0 Å². The zero-order valence-corrected chi connectivity index (χ0v) is 29.2. The second kappa shape index (κ2) is 9.97. The smallest absolute Gasteiger partial charge is 0.00910 e. The van der Waals surface area contributed by atoms with Crippen molar-refractivity contribution < 1.29 is 0 Å². The van der Waals surface area contributed by atoms with Crippen molar-refractivity contribution in [1.82, 2.24) is 0 Å². The molecule has 228 valence electrons. The molecule has 0 N–H and O–H groups in total. The van der Waals surface area contributed by atoms with E-state index in [2.05, 4.69) is 83.1 Å². The highest BCUT2D eigenvalue weighted by molar-refractivity contribution is 5.57. The Labute approximate surface area is 258 Å². The van der Waals surface area contributed by atoms with Gasteiger partial charge in [-0.3, -0.25) is 0 Å². The van der Waals surface area contributed by atoms with Crippen molar-refractivity contribution in [2.75, 3.05) is 0 Å². The van der Waals surface area contributed by atoms with Crippen LogP contribution in [-0.2, 0) is 25.7 Å². The predicted octanol–water partition coefficient (Wildman–Crippen LogP) is 10.7. The van der Waals surface area contributed by atoms with Crippen LogP contribution in [0.2, 0.25) is 0 Å². The fourth-order valence-corrected chi connectivity index (χ4v) is 13.3. The summed E-state index contributed by atoms with van der Waals surface area (Å²) in [6.07, 6.45) is 8.20. The fourth-order valence-electron chi connectivity index (χ4n) is 13.3. The molecule has 0 aromatic heterocycles. The molecule has 6 aliphatic carbocycles. The first kappa shape index (κ1) is 29.2. The molecule has 4 fully saturated rings. The van der Waals surface area contributed by atoms with Crippen LogP contribution in [-0.4, -0.2) is 0 Å². The molecular formula is C42H60. The summed E-state index contributed by atoms with van der Waals surface area (Å²) in [5.41, 5.74) is 20.2. The maximum atomic E-state index is 2.53. The molecule has 0 aliphatic heterocycles. The molecule has 2 aromatic rings. The van der Waals surface area contributed by atoms with E-state index in [1.54, 1.807) is 61.2 Å². The van der Waals surface area contributed by atoms with E-state index < -0.39 is 0 Å². The van der Waals surface area contributed by atoms with E-state index in [-0.39, 0.29) is 0 Å². The Bertz CT molecular complexity index is 1430. The average molecular weight is 565 g/mol. The van der Waals surface area contributed by atoms with Crippen molar-refractivity contribution in [3.8, 4) is 0 Å². The minimum atomic E-state index is 0.902. The van der Waals surface area contributed by atoms with Crippen LogP contribution in [0.25, 0.3) is 0 Å². The Morgan fingerprint density at radius 1 is 0.429 bits per heavy atom. The Morgan fingerprint density at radius 3 is 1.29 bits per heavy atom. The van der Waals surface area contributed by atoms with Crippen LogP contribution in [0.5, 0.6) is 0 Å². The Balaban J connectivity index is 0.000000137. The fraction of sp³-hybridized carbons (Fsp3) is 0.714. The van der Waals surface area contributed by atoms with Crippen molar-refractivity contribution in [2.24, 2.45) is 59.2 Å². The number of rotatable bonds is 2. The van der Waals surface area contributed by atoms with Gasteiger partial charge in [-0.25, -0.2) is 0 Å². The largest absolute Gasteiger partial charge is 0.0620 e. The lowest BCUT2D eigenvalue weighted by Crippen LogP contribution is -2.29. The zero-order valence-electron chi connectivity index (χ0n) is 29.2. The van der Waals surface area contributed by atoms with Crippen LogP contribution >= 0.6 is 0 Å². The van der Waals surface area contributed by atoms with Crippen molar-refractivity contribution in [1.29, 1.82) is 0 Å². The SMILES string of the molecule is CCc1c(C)c(C)c2c(c1C)C1C3CC(C(C)C3C)C1C2.CCc1c(C)c(C)c2c(c1C)CC1C3CC(C(C)C3C)C21. The quantitative estimate of drug-likeness (QED) is 0.340. The van der Waals surface area contributed by atoms with Gasteiger partial charge in [0, 0.05) is 0 Å². The highest BCUT2D eigenvalue weighted by Gasteiger charge is 2.59. The van der Waals surface area contributed by atoms with E-state index in [4.69, 9.17) is 0 Å². The molecule has 0 amide bonds. The van der Waals surface area contributed by atoms with Gasteiger partial charge in [-0.05, 0) is 218 Å². The first-order valence-electron chi connectivity index (χ1n) is 18.2. The molecule has 0 radical (unpaired) electrons. The van der Waals surface area contributed by atoms with Crippen LogP contribution in [0.15, 0.2) is 0 Å². The maximum Gasteiger partial charge on any atom is -0.00910 e. The van der Waals surface area contributed by atoms with Gasteiger partial charge in [-0.2, -0.15) is 0 Å². The molecule has 0 heterocycles. The monoisotopic (exact) mass is 564 g/mol. The van der Waals surface area contributed by atoms with Crippen LogP contribution in [0.3, 0.4) is 0 Å². The third-order valence-corrected chi connectivity index (χ3v) is 15.9. The van der Waals surface area contributed by atoms with Gasteiger partial charge in [0.2, 0.25) is 0 Å². The Hall–Kier alpha value is -1.56. The van der Waals surface area contributed by atoms with E-state index >= 15 is 0 Å². The summed E-state index contributed by atoms with van der Waals surface area (Å²) in [5, 5.41) is 0. The molecule has 0 nitrogen and oxygen atoms in total. The van der Waals surface area contributed by atoms with Crippen LogP contribution in [0, 0.1) is 101 Å². The lowest BCUT2D eigenvalue weighted by atomic mass is 9.69. The van der Waals surface area contributed by atoms with Gasteiger partial charge in [0.05, 0.1) is 0 Å². The maximum absolute atomic E-state index is 2.53. The number of hydrogen-bond acceptors (Lipinski definition) is 0. The molecule has 8 rings (SSSR count). The van der Waals surface area contributed by atoms with E-state index in [0.717, 1.165) is 71.0 Å². The van der Waals surface area contributed by atoms with Crippen LogP contribution < -0.4 is 0 Å². The minimum Gasteiger partial charge on any atom is -0.0620 e. The lowest BCUT2D eigenvalue weighted by molar-refractivity contribution is 0.172. The molecule has 0 heteroatoms. The van der Waals surface area contributed by atoms with Gasteiger partial charge in [0.15, 0.2) is 0 Å². The summed E-state index contributed by atoms with van der Waals surface area (Å²) < 4.78 is 0. The summed E-state index contributed by atoms with van der Waals surface area (Å²) in [6.45, 7) is 29.1. The van der Waals surface area contributed by atoms with Crippen molar-refractivity contribution >= 4 is 0 Å². The summed E-state index contributed by atoms with van der Waals surface area (Å²) in [4.78, 5) is 0. The normalized spacial score (nSPS) is 39.7. The molecule has 4 bridgehead atoms. The van der Waals surface area contributed by atoms with E-state index in [1.807, 2.05) is 5.56 Å². The van der Waals surface area contributed by atoms with Crippen molar-refractivity contribution in [2.45, 2.75) is 133 Å². The third-order valence-electron chi connectivity index (χ3n) is 15.9. The highest BCUT2D eigenvalue weighted by Crippen LogP contribution is 2.67. The van der Waals surface area contributed by atoms with Crippen LogP contribution in [0.4, 0.5) is 0 Å². The highest BCUT2D eigenvalue weighted by atomic mass is 14.6. The lowest BCUT2D eigenvalue weighted by Gasteiger charge is -2.35. The molecule has 0 saturated heterocycles. The van der Waals surface area contributed by atoms with Gasteiger partial charge in [-0.1, -0.05) is 41.5 Å². The summed E-state index contributed by atoms with van der Waals surface area (Å²) in [7, 11) is 0. The van der Waals surface area contributed by atoms with E-state index in [0.29, 0.717) is 0 Å². The molecule has 12 unspecified atom stereocenters. The Morgan fingerprint density at radius 2 is 0.810 bits per heavy atom. The van der Waals surface area contributed by atoms with Gasteiger partial charge < -0.3 is 0 Å². The van der Waals surface area contributed by atoms with Gasteiger partial charge in [0.25, 0.3) is 0 Å². The molecule has 0 spiro atoms. The summed E-state index contributed by atoms with van der Waals surface area (Å²) in [5.74, 6) is 11.5. The van der Waals surface area contributed by atoms with Crippen LogP contribution in [0.1, 0.15) is 133 Å². The second-order valence-corrected chi connectivity index (χ2v) is 16.5. The minimum absolute atomic E-state index is 0.902. The second-order valence-electron chi connectivity index (χ2n) is 16.5. The molecule has 6 aliphatic rings. The average Bonchev–Trinajstić information content (AvgIpc) is 3.78. The van der Waals surface area contributed by atoms with Gasteiger partial charge >= 0.3 is 0 Å².